The summed E-state index contributed by atoms with van der Waals surface area (Å²) in [5.74, 6) is -0.822. The lowest BCUT2D eigenvalue weighted by Crippen LogP contribution is -2.12. The Balaban J connectivity index is 2.18. The first-order chi connectivity index (χ1) is 10.5. The van der Waals surface area contributed by atoms with E-state index in [-0.39, 0.29) is 11.5 Å². The first-order valence-corrected chi connectivity index (χ1v) is 6.83. The van der Waals surface area contributed by atoms with Crippen LogP contribution in [0.3, 0.4) is 0 Å². The molecule has 0 fully saturated rings. The lowest BCUT2D eigenvalue weighted by Gasteiger charge is -2.08. The maximum Gasteiger partial charge on any atom is 0.337 e. The summed E-state index contributed by atoms with van der Waals surface area (Å²) < 4.78 is 4.62. The molecule has 0 spiro atoms. The van der Waals surface area contributed by atoms with Crippen molar-refractivity contribution in [3.63, 3.8) is 0 Å². The zero-order valence-electron chi connectivity index (χ0n) is 11.9. The quantitative estimate of drug-likeness (QED) is 0.690. The number of anilines is 1. The highest BCUT2D eigenvalue weighted by molar-refractivity contribution is 6.30. The molecule has 2 rings (SSSR count). The van der Waals surface area contributed by atoms with E-state index in [1.807, 2.05) is 0 Å². The Kier molecular flexibility index (Phi) is 4.96. The minimum absolute atomic E-state index is 0.198. The van der Waals surface area contributed by atoms with Gasteiger partial charge in [0.1, 0.15) is 0 Å². The SMILES string of the molecule is C=C(C(=O)OC)c1cccc(C(=O)Nc2ccc(Cl)cc2)c1. The van der Waals surface area contributed by atoms with Crippen molar-refractivity contribution in [1.29, 1.82) is 0 Å². The molecule has 0 radical (unpaired) electrons. The highest BCUT2D eigenvalue weighted by Crippen LogP contribution is 2.18. The predicted octanol–water partition coefficient (Wildman–Crippen LogP) is 3.78. The van der Waals surface area contributed by atoms with E-state index in [9.17, 15) is 9.59 Å². The molecule has 1 N–H and O–H groups in total. The summed E-state index contributed by atoms with van der Waals surface area (Å²) in [6.07, 6.45) is 0. The average Bonchev–Trinajstić information content (AvgIpc) is 2.55. The monoisotopic (exact) mass is 315 g/mol. The number of hydrogen-bond acceptors (Lipinski definition) is 3. The Hall–Kier alpha value is -2.59. The van der Waals surface area contributed by atoms with Gasteiger partial charge in [0.25, 0.3) is 5.91 Å². The van der Waals surface area contributed by atoms with Crippen LogP contribution in [-0.4, -0.2) is 19.0 Å². The van der Waals surface area contributed by atoms with Crippen LogP contribution in [0.2, 0.25) is 5.02 Å². The second-order valence-electron chi connectivity index (χ2n) is 4.51. The van der Waals surface area contributed by atoms with E-state index in [1.54, 1.807) is 48.5 Å². The number of ether oxygens (including phenoxy) is 1. The van der Waals surface area contributed by atoms with Crippen molar-refractivity contribution in [2.24, 2.45) is 0 Å². The van der Waals surface area contributed by atoms with Gasteiger partial charge in [-0.05, 0) is 42.0 Å². The lowest BCUT2D eigenvalue weighted by atomic mass is 10.0. The topological polar surface area (TPSA) is 55.4 Å². The summed E-state index contributed by atoms with van der Waals surface area (Å²) in [6, 6.07) is 13.4. The summed E-state index contributed by atoms with van der Waals surface area (Å²) in [7, 11) is 1.28. The largest absolute Gasteiger partial charge is 0.465 e. The summed E-state index contributed by atoms with van der Waals surface area (Å²) in [5.41, 5.74) is 1.78. The van der Waals surface area contributed by atoms with E-state index in [0.29, 0.717) is 21.8 Å². The fourth-order valence-electron chi connectivity index (χ4n) is 1.83. The molecule has 0 heterocycles. The van der Waals surface area contributed by atoms with Gasteiger partial charge in [0, 0.05) is 16.3 Å². The van der Waals surface area contributed by atoms with E-state index >= 15 is 0 Å². The molecule has 2 aromatic rings. The third-order valence-electron chi connectivity index (χ3n) is 3.01. The van der Waals surface area contributed by atoms with Gasteiger partial charge in [0.15, 0.2) is 0 Å². The van der Waals surface area contributed by atoms with E-state index < -0.39 is 5.97 Å². The van der Waals surface area contributed by atoms with E-state index in [4.69, 9.17) is 11.6 Å². The molecule has 0 unspecified atom stereocenters. The molecule has 0 atom stereocenters. The van der Waals surface area contributed by atoms with E-state index in [1.165, 1.54) is 7.11 Å². The van der Waals surface area contributed by atoms with Gasteiger partial charge >= 0.3 is 5.97 Å². The highest BCUT2D eigenvalue weighted by Gasteiger charge is 2.12. The minimum Gasteiger partial charge on any atom is -0.465 e. The number of esters is 1. The first-order valence-electron chi connectivity index (χ1n) is 6.46. The van der Waals surface area contributed by atoms with Crippen LogP contribution in [0.4, 0.5) is 5.69 Å². The number of benzene rings is 2. The molecular formula is C17H14ClNO3. The molecule has 22 heavy (non-hydrogen) atoms. The molecule has 0 aliphatic carbocycles. The molecule has 0 aliphatic heterocycles. The van der Waals surface area contributed by atoms with E-state index in [0.717, 1.165) is 0 Å². The Morgan fingerprint density at radius 1 is 1.09 bits per heavy atom. The molecule has 0 saturated carbocycles. The molecular weight excluding hydrogens is 302 g/mol. The van der Waals surface area contributed by atoms with Crippen LogP contribution in [0, 0.1) is 0 Å². The Labute approximate surface area is 133 Å². The number of carbonyl (C=O) groups is 2. The van der Waals surface area contributed by atoms with Crippen molar-refractivity contribution in [1.82, 2.24) is 0 Å². The van der Waals surface area contributed by atoms with Crippen molar-refractivity contribution in [2.45, 2.75) is 0 Å². The van der Waals surface area contributed by atoms with Gasteiger partial charge < -0.3 is 10.1 Å². The zero-order valence-corrected chi connectivity index (χ0v) is 12.7. The Bertz CT molecular complexity index is 723. The van der Waals surface area contributed by atoms with Crippen LogP contribution >= 0.6 is 11.6 Å². The fraction of sp³-hybridized carbons (Fsp3) is 0.0588. The fourth-order valence-corrected chi connectivity index (χ4v) is 1.95. The number of rotatable bonds is 4. The van der Waals surface area contributed by atoms with Crippen LogP contribution in [0.15, 0.2) is 55.1 Å². The molecule has 1 amide bonds. The zero-order chi connectivity index (χ0) is 16.1. The first kappa shape index (κ1) is 15.8. The summed E-state index contributed by atoms with van der Waals surface area (Å²) in [6.45, 7) is 3.67. The van der Waals surface area contributed by atoms with E-state index in [2.05, 4.69) is 16.6 Å². The van der Waals surface area contributed by atoms with Gasteiger partial charge in [0.2, 0.25) is 0 Å². The lowest BCUT2D eigenvalue weighted by molar-refractivity contribution is -0.133. The number of nitrogens with one attached hydrogen (secondary N) is 1. The van der Waals surface area contributed by atoms with Crippen LogP contribution in [0.25, 0.3) is 5.57 Å². The Morgan fingerprint density at radius 3 is 2.36 bits per heavy atom. The van der Waals surface area contributed by atoms with Crippen molar-refractivity contribution < 1.29 is 14.3 Å². The standard InChI is InChI=1S/C17H14ClNO3/c1-11(17(21)22-2)12-4-3-5-13(10-12)16(20)19-15-8-6-14(18)7-9-15/h3-10H,1H2,2H3,(H,19,20). The molecule has 0 aromatic heterocycles. The molecule has 4 nitrogen and oxygen atoms in total. The summed E-state index contributed by atoms with van der Waals surface area (Å²) in [5, 5.41) is 3.34. The normalized spacial score (nSPS) is 9.91. The molecule has 0 saturated heterocycles. The second-order valence-corrected chi connectivity index (χ2v) is 4.95. The number of hydrogen-bond donors (Lipinski definition) is 1. The van der Waals surface area contributed by atoms with Crippen molar-refractivity contribution >= 4 is 34.7 Å². The molecule has 2 aromatic carbocycles. The van der Waals surface area contributed by atoms with Gasteiger partial charge in [-0.15, -0.1) is 0 Å². The highest BCUT2D eigenvalue weighted by atomic mass is 35.5. The van der Waals surface area contributed by atoms with Crippen LogP contribution in [0.1, 0.15) is 15.9 Å². The van der Waals surface area contributed by atoms with Crippen LogP contribution < -0.4 is 5.32 Å². The Morgan fingerprint density at radius 2 is 1.73 bits per heavy atom. The van der Waals surface area contributed by atoms with Gasteiger partial charge in [-0.3, -0.25) is 4.79 Å². The van der Waals surface area contributed by atoms with Gasteiger partial charge in [0.05, 0.1) is 12.7 Å². The van der Waals surface area contributed by atoms with Crippen LogP contribution in [0.5, 0.6) is 0 Å². The van der Waals surface area contributed by atoms with Crippen LogP contribution in [-0.2, 0) is 9.53 Å². The second kappa shape index (κ2) is 6.91. The number of methoxy groups -OCH3 is 1. The van der Waals surface area contributed by atoms with Gasteiger partial charge in [-0.25, -0.2) is 4.79 Å². The number of halogens is 1. The maximum absolute atomic E-state index is 12.2. The average molecular weight is 316 g/mol. The molecule has 112 valence electrons. The van der Waals surface area contributed by atoms with Crippen molar-refractivity contribution in [2.75, 3.05) is 12.4 Å². The maximum atomic E-state index is 12.2. The smallest absolute Gasteiger partial charge is 0.337 e. The number of amides is 1. The van der Waals surface area contributed by atoms with Crippen molar-refractivity contribution in [3.05, 3.63) is 71.3 Å². The molecule has 0 aliphatic rings. The number of carbonyl (C=O) groups excluding carboxylic acids is 2. The predicted molar refractivity (Wildman–Crippen MR) is 86.9 cm³/mol. The van der Waals surface area contributed by atoms with Gasteiger partial charge in [-0.1, -0.05) is 30.3 Å². The summed E-state index contributed by atoms with van der Waals surface area (Å²) in [4.78, 5) is 23.7. The summed E-state index contributed by atoms with van der Waals surface area (Å²) >= 11 is 5.80. The molecule has 5 heteroatoms. The third-order valence-corrected chi connectivity index (χ3v) is 3.26. The minimum atomic E-state index is -0.532. The van der Waals surface area contributed by atoms with Crippen molar-refractivity contribution in [3.8, 4) is 0 Å². The molecule has 0 bridgehead atoms. The van der Waals surface area contributed by atoms with Gasteiger partial charge in [-0.2, -0.15) is 0 Å². The third kappa shape index (κ3) is 3.74.